The number of aliphatic hydroxyl groups is 1. The van der Waals surface area contributed by atoms with Gasteiger partial charge in [-0.2, -0.15) is 0 Å². The number of hydrogen-bond donors (Lipinski definition) is 1. The van der Waals surface area contributed by atoms with Crippen molar-refractivity contribution in [1.82, 2.24) is 9.97 Å². The molecule has 24 heavy (non-hydrogen) atoms. The summed E-state index contributed by atoms with van der Waals surface area (Å²) in [7, 11) is 0. The monoisotopic (exact) mass is 353 g/mol. The first-order valence-corrected chi connectivity index (χ1v) is 7.04. The maximum atomic E-state index is 10.3. The van der Waals surface area contributed by atoms with Crippen molar-refractivity contribution in [3.05, 3.63) is 62.0 Å². The van der Waals surface area contributed by atoms with Gasteiger partial charge in [0.1, 0.15) is 23.4 Å². The summed E-state index contributed by atoms with van der Waals surface area (Å²) in [5.74, 6) is 0.668. The highest BCUT2D eigenvalue weighted by molar-refractivity contribution is 6.29. The van der Waals surface area contributed by atoms with Crippen molar-refractivity contribution in [2.24, 2.45) is 0 Å². The maximum absolute atomic E-state index is 10.3. The van der Waals surface area contributed by atoms with Gasteiger partial charge in [-0.1, -0.05) is 11.6 Å². The van der Waals surface area contributed by atoms with E-state index in [1.807, 2.05) is 4.90 Å². The van der Waals surface area contributed by atoms with Crippen LogP contribution in [0.25, 0.3) is 0 Å². The molecule has 11 heteroatoms. The largest absolute Gasteiger partial charge is 0.389 e. The molecule has 0 saturated carbocycles. The molecule has 10 nitrogen and oxygen atoms in total. The summed E-state index contributed by atoms with van der Waals surface area (Å²) in [5.41, 5.74) is -0.0702. The Bertz CT molecular complexity index is 719. The molecule has 1 saturated heterocycles. The lowest BCUT2D eigenvalue weighted by Gasteiger charge is -2.36. The summed E-state index contributed by atoms with van der Waals surface area (Å²) in [4.78, 5) is 28.7. The molecule has 0 unspecified atom stereocenters. The summed E-state index contributed by atoms with van der Waals surface area (Å²) in [6, 6.07) is 5.67. The minimum Gasteiger partial charge on any atom is -0.389 e. The minimum atomic E-state index is -0.524. The van der Waals surface area contributed by atoms with Crippen LogP contribution in [0.2, 0.25) is 5.15 Å². The van der Waals surface area contributed by atoms with Crippen LogP contribution in [0.15, 0.2) is 36.7 Å². The van der Waals surface area contributed by atoms with Gasteiger partial charge in [-0.05, 0) is 12.1 Å². The molecule has 0 spiro atoms. The SMILES string of the molecule is O=[N+]([O-])c1ccc(Cl)nc1.O=[N+]([O-])c1ccc(N2CC(O)C2)nc1. The van der Waals surface area contributed by atoms with Crippen molar-refractivity contribution in [3.8, 4) is 0 Å². The fourth-order valence-corrected chi connectivity index (χ4v) is 1.90. The standard InChI is InChI=1S/C8H9N3O3.C5H3ClN2O2/c12-7-4-10(5-7)8-2-1-6(3-9-8)11(13)14;6-5-2-1-4(3-7-5)8(9)10/h1-3,7,12H,4-5H2;1-3H. The molecule has 0 aliphatic carbocycles. The molecule has 1 fully saturated rings. The van der Waals surface area contributed by atoms with E-state index in [0.29, 0.717) is 18.9 Å². The van der Waals surface area contributed by atoms with Crippen LogP contribution in [-0.4, -0.2) is 44.1 Å². The Kier molecular flexibility index (Phi) is 5.55. The van der Waals surface area contributed by atoms with Crippen molar-refractivity contribution in [2.75, 3.05) is 18.0 Å². The molecule has 1 aliphatic heterocycles. The van der Waals surface area contributed by atoms with Gasteiger partial charge >= 0.3 is 0 Å². The van der Waals surface area contributed by atoms with Crippen LogP contribution in [0.3, 0.4) is 0 Å². The third kappa shape index (κ3) is 4.57. The van der Waals surface area contributed by atoms with Gasteiger partial charge in [0, 0.05) is 25.2 Å². The number of anilines is 1. The molecular formula is C13H12ClN5O5. The first-order valence-electron chi connectivity index (χ1n) is 6.66. The Balaban J connectivity index is 0.000000185. The number of nitrogens with zero attached hydrogens (tertiary/aromatic N) is 5. The van der Waals surface area contributed by atoms with Gasteiger partial charge in [0.2, 0.25) is 0 Å². The third-order valence-electron chi connectivity index (χ3n) is 3.05. The van der Waals surface area contributed by atoms with E-state index in [4.69, 9.17) is 16.7 Å². The second-order valence-corrected chi connectivity index (χ2v) is 5.17. The first kappa shape index (κ1) is 17.5. The Labute approximate surface area is 140 Å². The predicted octanol–water partition coefficient (Wildman–Crippen LogP) is 1.81. The number of rotatable bonds is 3. The summed E-state index contributed by atoms with van der Waals surface area (Å²) >= 11 is 5.38. The van der Waals surface area contributed by atoms with Crippen molar-refractivity contribution in [2.45, 2.75) is 6.10 Å². The Morgan fingerprint density at radius 2 is 1.58 bits per heavy atom. The molecule has 1 aliphatic rings. The van der Waals surface area contributed by atoms with Gasteiger partial charge in [-0.15, -0.1) is 0 Å². The van der Waals surface area contributed by atoms with Gasteiger partial charge in [0.15, 0.2) is 0 Å². The molecule has 0 amide bonds. The number of hydrogen-bond acceptors (Lipinski definition) is 8. The number of halogens is 1. The van der Waals surface area contributed by atoms with Crippen LogP contribution < -0.4 is 4.90 Å². The van der Waals surface area contributed by atoms with Crippen molar-refractivity contribution >= 4 is 28.8 Å². The zero-order chi connectivity index (χ0) is 17.7. The number of aliphatic hydroxyl groups excluding tert-OH is 1. The van der Waals surface area contributed by atoms with E-state index in [2.05, 4.69) is 9.97 Å². The molecule has 0 atom stereocenters. The van der Waals surface area contributed by atoms with Gasteiger partial charge in [-0.25, -0.2) is 9.97 Å². The summed E-state index contributed by atoms with van der Waals surface area (Å²) in [6.07, 6.45) is 2.04. The predicted molar refractivity (Wildman–Crippen MR) is 85.0 cm³/mol. The average Bonchev–Trinajstić information content (AvgIpc) is 2.53. The number of β-amino-alcohol motifs (C(OH)–C–C–N with tert-alkyl or cyclic N) is 1. The molecule has 0 aromatic carbocycles. The van der Waals surface area contributed by atoms with E-state index in [1.165, 1.54) is 24.4 Å². The van der Waals surface area contributed by atoms with E-state index < -0.39 is 9.85 Å². The highest BCUT2D eigenvalue weighted by Crippen LogP contribution is 2.20. The number of nitro groups is 2. The highest BCUT2D eigenvalue weighted by Gasteiger charge is 2.25. The fraction of sp³-hybridized carbons (Fsp3) is 0.231. The minimum absolute atomic E-state index is 0.0187. The van der Waals surface area contributed by atoms with E-state index in [-0.39, 0.29) is 22.6 Å². The lowest BCUT2D eigenvalue weighted by molar-refractivity contribution is -0.385. The van der Waals surface area contributed by atoms with Gasteiger partial charge < -0.3 is 10.0 Å². The fourth-order valence-electron chi connectivity index (χ4n) is 1.79. The Morgan fingerprint density at radius 1 is 1.04 bits per heavy atom. The molecule has 0 radical (unpaired) electrons. The quantitative estimate of drug-likeness (QED) is 0.501. The first-order chi connectivity index (χ1) is 11.4. The van der Waals surface area contributed by atoms with Crippen molar-refractivity contribution in [3.63, 3.8) is 0 Å². The molecular weight excluding hydrogens is 342 g/mol. The molecule has 2 aromatic heterocycles. The summed E-state index contributed by atoms with van der Waals surface area (Å²) < 4.78 is 0. The second-order valence-electron chi connectivity index (χ2n) is 4.79. The second kappa shape index (κ2) is 7.62. The Hall–Kier alpha value is -2.85. The summed E-state index contributed by atoms with van der Waals surface area (Å²) in [5, 5.41) is 29.7. The molecule has 1 N–H and O–H groups in total. The highest BCUT2D eigenvalue weighted by atomic mass is 35.5. The normalized spacial score (nSPS) is 13.5. The third-order valence-corrected chi connectivity index (χ3v) is 3.28. The van der Waals surface area contributed by atoms with E-state index in [0.717, 1.165) is 6.20 Å². The smallest absolute Gasteiger partial charge is 0.287 e. The zero-order valence-electron chi connectivity index (χ0n) is 12.1. The van der Waals surface area contributed by atoms with Crippen LogP contribution in [0, 0.1) is 20.2 Å². The lowest BCUT2D eigenvalue weighted by atomic mass is 10.2. The lowest BCUT2D eigenvalue weighted by Crippen LogP contribution is -2.51. The number of aromatic nitrogens is 2. The van der Waals surface area contributed by atoms with Crippen LogP contribution in [0.1, 0.15) is 0 Å². The van der Waals surface area contributed by atoms with E-state index >= 15 is 0 Å². The van der Waals surface area contributed by atoms with Gasteiger partial charge in [0.05, 0.1) is 16.0 Å². The zero-order valence-corrected chi connectivity index (χ0v) is 12.9. The van der Waals surface area contributed by atoms with Crippen molar-refractivity contribution < 1.29 is 15.0 Å². The molecule has 126 valence electrons. The molecule has 3 rings (SSSR count). The van der Waals surface area contributed by atoms with E-state index in [1.54, 1.807) is 6.07 Å². The maximum Gasteiger partial charge on any atom is 0.287 e. The summed E-state index contributed by atoms with van der Waals surface area (Å²) in [6.45, 7) is 1.09. The van der Waals surface area contributed by atoms with Crippen molar-refractivity contribution in [1.29, 1.82) is 0 Å². The molecule has 0 bridgehead atoms. The molecule has 2 aromatic rings. The van der Waals surface area contributed by atoms with E-state index in [9.17, 15) is 20.2 Å². The van der Waals surface area contributed by atoms with Crippen LogP contribution in [0.4, 0.5) is 17.2 Å². The Morgan fingerprint density at radius 3 is 1.96 bits per heavy atom. The topological polar surface area (TPSA) is 136 Å². The van der Waals surface area contributed by atoms with Crippen LogP contribution in [0.5, 0.6) is 0 Å². The van der Waals surface area contributed by atoms with Gasteiger partial charge in [-0.3, -0.25) is 20.2 Å². The van der Waals surface area contributed by atoms with Crippen LogP contribution >= 0.6 is 11.6 Å². The number of pyridine rings is 2. The average molecular weight is 354 g/mol. The van der Waals surface area contributed by atoms with Gasteiger partial charge in [0.25, 0.3) is 11.4 Å². The molecule has 3 heterocycles. The van der Waals surface area contributed by atoms with Crippen LogP contribution in [-0.2, 0) is 0 Å².